The quantitative estimate of drug-likeness (QED) is 0.626. The normalized spacial score (nSPS) is 28.3. The number of aliphatic hydroxyl groups excluding tert-OH is 1. The molecule has 1 saturated heterocycles. The number of aryl methyl sites for hydroxylation is 1. The standard InChI is InChI=1S/C23H27N5O3S/c1-14-26-12-18(27(14)2)32(30,31)22-19(21(29)23(22)7-9-24-10-8-23)20-16-6-4-3-5-15(16)17-11-25-13-28(17)20/h3-6,11-13,19-22,24,29H,7-10H2,1-2H3. The molecular weight excluding hydrogens is 426 g/mol. The maximum atomic E-state index is 14.2. The first kappa shape index (κ1) is 20.1. The van der Waals surface area contributed by atoms with E-state index in [9.17, 15) is 13.5 Å². The molecule has 2 N–H and O–H groups in total. The van der Waals surface area contributed by atoms with Crippen molar-refractivity contribution in [3.05, 3.63) is 54.4 Å². The Hall–Kier alpha value is -2.49. The number of rotatable bonds is 3. The van der Waals surface area contributed by atoms with Crippen LogP contribution in [0.15, 0.2) is 48.0 Å². The number of hydrogen-bond donors (Lipinski definition) is 2. The number of nitrogens with zero attached hydrogens (tertiary/aromatic N) is 4. The van der Waals surface area contributed by atoms with Crippen molar-refractivity contribution in [2.45, 2.75) is 42.2 Å². The van der Waals surface area contributed by atoms with Gasteiger partial charge < -0.3 is 19.6 Å². The highest BCUT2D eigenvalue weighted by Crippen LogP contribution is 2.62. The van der Waals surface area contributed by atoms with E-state index in [0.717, 1.165) is 16.8 Å². The first-order valence-electron chi connectivity index (χ1n) is 11.1. The molecule has 1 saturated carbocycles. The zero-order chi connectivity index (χ0) is 22.3. The number of hydrogen-bond acceptors (Lipinski definition) is 6. The van der Waals surface area contributed by atoms with Crippen molar-refractivity contribution in [1.29, 1.82) is 0 Å². The molecule has 0 bridgehead atoms. The van der Waals surface area contributed by atoms with Gasteiger partial charge in [-0.2, -0.15) is 0 Å². The lowest BCUT2D eigenvalue weighted by Gasteiger charge is -2.61. The maximum absolute atomic E-state index is 14.2. The summed E-state index contributed by atoms with van der Waals surface area (Å²) in [6, 6.07) is 7.78. The summed E-state index contributed by atoms with van der Waals surface area (Å²) < 4.78 is 32.1. The fraction of sp³-hybridized carbons (Fsp3) is 0.478. The lowest BCUT2D eigenvalue weighted by Crippen LogP contribution is -2.71. The van der Waals surface area contributed by atoms with E-state index in [1.165, 1.54) is 6.20 Å². The van der Waals surface area contributed by atoms with Crippen molar-refractivity contribution in [3.8, 4) is 11.3 Å². The minimum Gasteiger partial charge on any atom is -0.392 e. The molecule has 0 radical (unpaired) electrons. The molecular formula is C23H27N5O3S. The summed E-state index contributed by atoms with van der Waals surface area (Å²) in [5, 5.41) is 14.5. The van der Waals surface area contributed by atoms with Crippen LogP contribution in [0.5, 0.6) is 0 Å². The molecule has 8 nitrogen and oxygen atoms in total. The molecule has 0 amide bonds. The van der Waals surface area contributed by atoms with E-state index in [-0.39, 0.29) is 11.1 Å². The molecule has 4 atom stereocenters. The molecule has 4 unspecified atom stereocenters. The molecule has 6 rings (SSSR count). The number of aromatic nitrogens is 4. The summed E-state index contributed by atoms with van der Waals surface area (Å²) in [6.45, 7) is 3.22. The molecule has 2 fully saturated rings. The SMILES string of the molecule is Cc1ncc(S(=O)(=O)C2C(C3c4ccccc4-c4cncn43)C(O)C23CCNCC3)n1C. The molecule has 1 spiro atoms. The van der Waals surface area contributed by atoms with Gasteiger partial charge in [-0.3, -0.25) is 0 Å². The zero-order valence-electron chi connectivity index (χ0n) is 18.1. The molecule has 3 aromatic rings. The number of sulfone groups is 1. The van der Waals surface area contributed by atoms with Crippen LogP contribution in [0.2, 0.25) is 0 Å². The van der Waals surface area contributed by atoms with E-state index in [4.69, 9.17) is 0 Å². The zero-order valence-corrected chi connectivity index (χ0v) is 19.0. The van der Waals surface area contributed by atoms with Crippen molar-refractivity contribution in [2.75, 3.05) is 13.1 Å². The molecule has 32 heavy (non-hydrogen) atoms. The fourth-order valence-corrected chi connectivity index (χ4v) is 9.13. The number of piperidine rings is 1. The van der Waals surface area contributed by atoms with Crippen LogP contribution in [0.4, 0.5) is 0 Å². The summed E-state index contributed by atoms with van der Waals surface area (Å²) in [5.41, 5.74) is 2.42. The largest absolute Gasteiger partial charge is 0.392 e. The molecule has 1 aromatic carbocycles. The number of imidazole rings is 2. The average molecular weight is 454 g/mol. The number of benzene rings is 1. The van der Waals surface area contributed by atoms with Crippen LogP contribution < -0.4 is 5.32 Å². The average Bonchev–Trinajstić information content (AvgIpc) is 3.48. The summed E-state index contributed by atoms with van der Waals surface area (Å²) >= 11 is 0. The third-order valence-corrected chi connectivity index (χ3v) is 10.5. The van der Waals surface area contributed by atoms with Gasteiger partial charge in [-0.25, -0.2) is 18.4 Å². The van der Waals surface area contributed by atoms with E-state index in [0.29, 0.717) is 31.8 Å². The Bertz CT molecular complexity index is 1300. The molecule has 2 aliphatic heterocycles. The van der Waals surface area contributed by atoms with E-state index in [2.05, 4.69) is 15.3 Å². The van der Waals surface area contributed by atoms with Gasteiger partial charge in [-0.05, 0) is 38.4 Å². The van der Waals surface area contributed by atoms with Crippen LogP contribution in [0.1, 0.15) is 30.3 Å². The Labute approximate surface area is 187 Å². The molecule has 3 aliphatic rings. The number of fused-ring (bicyclic) bond motifs is 3. The Morgan fingerprint density at radius 1 is 1.19 bits per heavy atom. The van der Waals surface area contributed by atoms with Crippen molar-refractivity contribution < 1.29 is 13.5 Å². The highest BCUT2D eigenvalue weighted by atomic mass is 32.2. The predicted molar refractivity (Wildman–Crippen MR) is 119 cm³/mol. The van der Waals surface area contributed by atoms with E-state index < -0.39 is 32.5 Å². The van der Waals surface area contributed by atoms with E-state index in [1.807, 2.05) is 35.0 Å². The van der Waals surface area contributed by atoms with Crippen molar-refractivity contribution >= 4 is 9.84 Å². The van der Waals surface area contributed by atoms with Gasteiger partial charge in [-0.15, -0.1) is 0 Å². The summed E-state index contributed by atoms with van der Waals surface area (Å²) in [4.78, 5) is 8.59. The van der Waals surface area contributed by atoms with Gasteiger partial charge in [-0.1, -0.05) is 24.3 Å². The minimum atomic E-state index is -3.75. The lowest BCUT2D eigenvalue weighted by molar-refractivity contribution is -0.141. The van der Waals surface area contributed by atoms with Crippen molar-refractivity contribution in [3.63, 3.8) is 0 Å². The van der Waals surface area contributed by atoms with E-state index in [1.54, 1.807) is 24.9 Å². The summed E-state index contributed by atoms with van der Waals surface area (Å²) in [5.74, 6) is 0.187. The Balaban J connectivity index is 1.53. The van der Waals surface area contributed by atoms with Crippen LogP contribution in [0.3, 0.4) is 0 Å². The smallest absolute Gasteiger partial charge is 0.199 e. The third-order valence-electron chi connectivity index (χ3n) is 8.09. The molecule has 9 heteroatoms. The maximum Gasteiger partial charge on any atom is 0.199 e. The van der Waals surface area contributed by atoms with Gasteiger partial charge in [0.25, 0.3) is 0 Å². The van der Waals surface area contributed by atoms with Crippen molar-refractivity contribution in [1.82, 2.24) is 24.4 Å². The van der Waals surface area contributed by atoms with Gasteiger partial charge in [0.05, 0.1) is 41.8 Å². The van der Waals surface area contributed by atoms with Gasteiger partial charge in [0.15, 0.2) is 14.9 Å². The molecule has 168 valence electrons. The lowest BCUT2D eigenvalue weighted by atomic mass is 9.52. The topological polar surface area (TPSA) is 102 Å². The van der Waals surface area contributed by atoms with Gasteiger partial charge in [0, 0.05) is 23.9 Å². The number of aliphatic hydroxyl groups is 1. The van der Waals surface area contributed by atoms with Crippen LogP contribution in [0, 0.1) is 18.3 Å². The Morgan fingerprint density at radius 3 is 2.66 bits per heavy atom. The van der Waals surface area contributed by atoms with Crippen molar-refractivity contribution in [2.24, 2.45) is 18.4 Å². The van der Waals surface area contributed by atoms with Crippen LogP contribution in [-0.4, -0.2) is 57.1 Å². The molecule has 2 aromatic heterocycles. The Kier molecular flexibility index (Phi) is 4.25. The monoisotopic (exact) mass is 453 g/mol. The second-order valence-electron chi connectivity index (χ2n) is 9.39. The van der Waals surface area contributed by atoms with Crippen LogP contribution >= 0.6 is 0 Å². The van der Waals surface area contributed by atoms with Gasteiger partial charge >= 0.3 is 0 Å². The van der Waals surface area contributed by atoms with Crippen LogP contribution in [0.25, 0.3) is 11.3 Å². The van der Waals surface area contributed by atoms with Gasteiger partial charge in [0.1, 0.15) is 5.82 Å². The number of nitrogens with one attached hydrogen (secondary N) is 1. The molecule has 1 aliphatic carbocycles. The third kappa shape index (κ3) is 2.41. The fourth-order valence-electron chi connectivity index (χ4n) is 6.45. The first-order chi connectivity index (χ1) is 15.4. The predicted octanol–water partition coefficient (Wildman–Crippen LogP) is 1.70. The molecule has 4 heterocycles. The Morgan fingerprint density at radius 2 is 1.94 bits per heavy atom. The highest BCUT2D eigenvalue weighted by molar-refractivity contribution is 7.92. The summed E-state index contributed by atoms with van der Waals surface area (Å²) in [6.07, 6.45) is 5.60. The highest BCUT2D eigenvalue weighted by Gasteiger charge is 2.69. The second kappa shape index (κ2) is 6.76. The minimum absolute atomic E-state index is 0.229. The first-order valence-corrected chi connectivity index (χ1v) is 12.6. The van der Waals surface area contributed by atoms with Crippen LogP contribution in [-0.2, 0) is 16.9 Å². The van der Waals surface area contributed by atoms with E-state index >= 15 is 0 Å². The second-order valence-corrected chi connectivity index (χ2v) is 11.4. The van der Waals surface area contributed by atoms with Gasteiger partial charge in [0.2, 0.25) is 0 Å². The summed E-state index contributed by atoms with van der Waals surface area (Å²) in [7, 11) is -2.01.